The third-order valence-corrected chi connectivity index (χ3v) is 6.74. The fraction of sp³-hybridized carbons (Fsp3) is 0.269. The van der Waals surface area contributed by atoms with Crippen LogP contribution in [0, 0.1) is 5.82 Å². The highest BCUT2D eigenvalue weighted by molar-refractivity contribution is 6.31. The molecule has 0 aliphatic carbocycles. The molecule has 2 aromatic carbocycles. The van der Waals surface area contributed by atoms with Gasteiger partial charge in [0.2, 0.25) is 0 Å². The number of allylic oxidation sites excluding steroid dienone is 1. The lowest BCUT2D eigenvalue weighted by Gasteiger charge is -2.38. The van der Waals surface area contributed by atoms with Crippen LogP contribution in [0.25, 0.3) is 10.9 Å². The van der Waals surface area contributed by atoms with Crippen molar-refractivity contribution in [2.45, 2.75) is 31.9 Å². The highest BCUT2D eigenvalue weighted by Crippen LogP contribution is 2.44. The Morgan fingerprint density at radius 2 is 1.94 bits per heavy atom. The molecule has 2 aliphatic heterocycles. The van der Waals surface area contributed by atoms with Crippen LogP contribution >= 0.6 is 11.6 Å². The lowest BCUT2D eigenvalue weighted by atomic mass is 9.83. The van der Waals surface area contributed by atoms with Crippen LogP contribution in [0.15, 0.2) is 54.9 Å². The van der Waals surface area contributed by atoms with Crippen LogP contribution in [0.4, 0.5) is 4.39 Å². The summed E-state index contributed by atoms with van der Waals surface area (Å²) in [6.45, 7) is 5.75. The zero-order valence-corrected chi connectivity index (χ0v) is 19.7. The molecule has 0 bridgehead atoms. The van der Waals surface area contributed by atoms with Gasteiger partial charge in [0.05, 0.1) is 22.4 Å². The van der Waals surface area contributed by atoms with Gasteiger partial charge in [0.15, 0.2) is 0 Å². The highest BCUT2D eigenvalue weighted by atomic mass is 35.5. The van der Waals surface area contributed by atoms with Crippen LogP contribution in [0.2, 0.25) is 5.02 Å². The Balaban J connectivity index is 1.40. The molecule has 1 aromatic heterocycles. The summed E-state index contributed by atoms with van der Waals surface area (Å²) in [5, 5.41) is 1.14. The van der Waals surface area contributed by atoms with Crippen molar-refractivity contribution in [1.29, 1.82) is 0 Å². The van der Waals surface area contributed by atoms with E-state index in [1.54, 1.807) is 46.9 Å². The molecule has 7 nitrogen and oxygen atoms in total. The first-order valence-electron chi connectivity index (χ1n) is 11.1. The minimum absolute atomic E-state index is 0.108. The number of fused-ring (bicyclic) bond motifs is 3. The Hall–Kier alpha value is -3.65. The Bertz CT molecular complexity index is 1400. The number of ether oxygens (including phenoxy) is 2. The lowest BCUT2D eigenvalue weighted by molar-refractivity contribution is -0.139. The van der Waals surface area contributed by atoms with Gasteiger partial charge in [-0.3, -0.25) is 4.79 Å². The molecule has 3 heterocycles. The number of benzene rings is 2. The van der Waals surface area contributed by atoms with Gasteiger partial charge in [-0.15, -0.1) is 0 Å². The summed E-state index contributed by atoms with van der Waals surface area (Å²) in [6, 6.07) is 9.24. The van der Waals surface area contributed by atoms with E-state index in [-0.39, 0.29) is 23.8 Å². The lowest BCUT2D eigenvalue weighted by Crippen LogP contribution is -2.45. The van der Waals surface area contributed by atoms with E-state index in [2.05, 4.69) is 6.58 Å². The van der Waals surface area contributed by atoms with E-state index in [0.717, 1.165) is 0 Å². The summed E-state index contributed by atoms with van der Waals surface area (Å²) in [7, 11) is 0. The number of nitrogens with zero attached hydrogens (tertiary/aromatic N) is 2. The van der Waals surface area contributed by atoms with Crippen LogP contribution in [0.1, 0.15) is 46.0 Å². The molecule has 3 aromatic rings. The van der Waals surface area contributed by atoms with Gasteiger partial charge in [-0.05, 0) is 31.2 Å². The number of hydrogen-bond donors (Lipinski definition) is 0. The Labute approximate surface area is 205 Å². The summed E-state index contributed by atoms with van der Waals surface area (Å²) in [6.07, 6.45) is 2.43. The van der Waals surface area contributed by atoms with Crippen LogP contribution < -0.4 is 0 Å². The van der Waals surface area contributed by atoms with E-state index in [1.807, 2.05) is 0 Å². The SMILES string of the molecule is C=C(C)OC(=O)Cn1cc(C(=O)N2CCC3(CC2)OC(=O)c2cc(F)ccc23)c2ccc(Cl)cc21. The van der Waals surface area contributed by atoms with E-state index >= 15 is 0 Å². The number of likely N-dealkylation sites (tertiary alicyclic amines) is 1. The number of piperidine rings is 1. The Morgan fingerprint density at radius 3 is 2.66 bits per heavy atom. The predicted molar refractivity (Wildman–Crippen MR) is 126 cm³/mol. The summed E-state index contributed by atoms with van der Waals surface area (Å²) >= 11 is 6.18. The van der Waals surface area contributed by atoms with Gasteiger partial charge in [0, 0.05) is 48.1 Å². The van der Waals surface area contributed by atoms with Crippen molar-refractivity contribution in [2.24, 2.45) is 0 Å². The van der Waals surface area contributed by atoms with Crippen molar-refractivity contribution < 1.29 is 28.2 Å². The number of halogens is 2. The molecular weight excluding hydrogens is 475 g/mol. The fourth-order valence-electron chi connectivity index (χ4n) is 4.91. The predicted octanol–water partition coefficient (Wildman–Crippen LogP) is 4.81. The molecule has 1 fully saturated rings. The number of aromatic nitrogens is 1. The molecule has 1 spiro atoms. The van der Waals surface area contributed by atoms with E-state index in [9.17, 15) is 18.8 Å². The monoisotopic (exact) mass is 496 g/mol. The molecule has 9 heteroatoms. The molecule has 180 valence electrons. The van der Waals surface area contributed by atoms with Crippen LogP contribution in [-0.4, -0.2) is 40.4 Å². The molecule has 5 rings (SSSR count). The van der Waals surface area contributed by atoms with E-state index < -0.39 is 23.4 Å². The second-order valence-corrected chi connectivity index (χ2v) is 9.31. The van der Waals surface area contributed by atoms with Gasteiger partial charge in [-0.25, -0.2) is 14.0 Å². The quantitative estimate of drug-likeness (QED) is 0.382. The molecule has 0 atom stereocenters. The van der Waals surface area contributed by atoms with Crippen molar-refractivity contribution in [1.82, 2.24) is 9.47 Å². The second-order valence-electron chi connectivity index (χ2n) is 8.87. The van der Waals surface area contributed by atoms with Gasteiger partial charge in [-0.2, -0.15) is 0 Å². The highest BCUT2D eigenvalue weighted by Gasteiger charge is 2.48. The van der Waals surface area contributed by atoms with E-state index in [1.165, 1.54) is 12.1 Å². The summed E-state index contributed by atoms with van der Waals surface area (Å²) in [4.78, 5) is 39.8. The van der Waals surface area contributed by atoms with Gasteiger partial charge < -0.3 is 18.9 Å². The van der Waals surface area contributed by atoms with Crippen molar-refractivity contribution in [3.8, 4) is 0 Å². The summed E-state index contributed by atoms with van der Waals surface area (Å²) in [5.74, 6) is -1.47. The van der Waals surface area contributed by atoms with Crippen LogP contribution in [0.3, 0.4) is 0 Å². The number of hydrogen-bond acceptors (Lipinski definition) is 5. The largest absolute Gasteiger partial charge is 0.450 e. The van der Waals surface area contributed by atoms with Crippen molar-refractivity contribution in [3.63, 3.8) is 0 Å². The smallest absolute Gasteiger partial charge is 0.339 e. The fourth-order valence-corrected chi connectivity index (χ4v) is 5.08. The Kier molecular flexibility index (Phi) is 5.63. The van der Waals surface area contributed by atoms with E-state index in [4.69, 9.17) is 21.1 Å². The van der Waals surface area contributed by atoms with Crippen molar-refractivity contribution >= 4 is 40.3 Å². The van der Waals surface area contributed by atoms with Gasteiger partial charge >= 0.3 is 11.9 Å². The molecule has 1 amide bonds. The molecule has 1 saturated heterocycles. The van der Waals surface area contributed by atoms with Crippen LogP contribution in [-0.2, 0) is 26.4 Å². The third-order valence-electron chi connectivity index (χ3n) is 6.50. The first-order valence-corrected chi connectivity index (χ1v) is 11.5. The number of esters is 2. The number of carbonyl (C=O) groups excluding carboxylic acids is 3. The number of carbonyl (C=O) groups is 3. The molecular formula is C26H22ClFN2O5. The topological polar surface area (TPSA) is 77.8 Å². The standard InChI is InChI=1S/C26H22ClFN2O5/c1-15(2)34-23(31)14-30-13-20(18-5-3-16(27)11-22(18)30)24(32)29-9-7-26(8-10-29)21-6-4-17(28)12-19(21)25(33)35-26/h3-6,11-13H,1,7-10,14H2,2H3. The molecule has 0 saturated carbocycles. The van der Waals surface area contributed by atoms with Gasteiger partial charge in [-0.1, -0.05) is 30.3 Å². The van der Waals surface area contributed by atoms with Crippen molar-refractivity contribution in [2.75, 3.05) is 13.1 Å². The average Bonchev–Trinajstić information content (AvgIpc) is 3.28. The Morgan fingerprint density at radius 1 is 1.20 bits per heavy atom. The van der Waals surface area contributed by atoms with Crippen LogP contribution in [0.5, 0.6) is 0 Å². The zero-order valence-electron chi connectivity index (χ0n) is 19.0. The minimum Gasteiger partial charge on any atom is -0.450 e. The number of rotatable bonds is 4. The molecule has 0 unspecified atom stereocenters. The number of amides is 1. The molecule has 35 heavy (non-hydrogen) atoms. The summed E-state index contributed by atoms with van der Waals surface area (Å²) < 4.78 is 26.0. The maximum absolute atomic E-state index is 13.6. The summed E-state index contributed by atoms with van der Waals surface area (Å²) in [5.41, 5.74) is 1.12. The molecule has 0 radical (unpaired) electrons. The normalized spacial score (nSPS) is 16.3. The first-order chi connectivity index (χ1) is 16.7. The first kappa shape index (κ1) is 23.1. The van der Waals surface area contributed by atoms with Gasteiger partial charge in [0.25, 0.3) is 5.91 Å². The molecule has 0 N–H and O–H groups in total. The van der Waals surface area contributed by atoms with Crippen molar-refractivity contribution in [3.05, 3.63) is 82.5 Å². The molecule has 2 aliphatic rings. The third kappa shape index (κ3) is 4.08. The maximum Gasteiger partial charge on any atom is 0.339 e. The van der Waals surface area contributed by atoms with E-state index in [0.29, 0.717) is 53.0 Å². The maximum atomic E-state index is 13.6. The zero-order chi connectivity index (χ0) is 24.9. The minimum atomic E-state index is -0.856. The average molecular weight is 497 g/mol. The van der Waals surface area contributed by atoms with Gasteiger partial charge in [0.1, 0.15) is 18.0 Å². The second kappa shape index (κ2) is 8.53.